The van der Waals surface area contributed by atoms with Gasteiger partial charge in [0, 0.05) is 17.2 Å². The van der Waals surface area contributed by atoms with Crippen LogP contribution in [0.5, 0.6) is 0 Å². The number of rotatable bonds is 4. The van der Waals surface area contributed by atoms with Crippen LogP contribution in [0.1, 0.15) is 41.9 Å². The lowest BCUT2D eigenvalue weighted by molar-refractivity contribution is 0.468. The van der Waals surface area contributed by atoms with E-state index >= 15 is 0 Å². The van der Waals surface area contributed by atoms with Crippen LogP contribution in [-0.4, -0.2) is 0 Å². The molecule has 21 heavy (non-hydrogen) atoms. The summed E-state index contributed by atoms with van der Waals surface area (Å²) in [6, 6.07) is 8.84. The van der Waals surface area contributed by atoms with Crippen molar-refractivity contribution in [3.05, 3.63) is 52.7 Å². The Bertz CT molecular complexity index is 714. The summed E-state index contributed by atoms with van der Waals surface area (Å²) in [7, 11) is 0. The van der Waals surface area contributed by atoms with Crippen molar-refractivity contribution in [1.29, 1.82) is 5.26 Å². The molecule has 1 aromatic heterocycles. The first-order valence-corrected chi connectivity index (χ1v) is 7.11. The van der Waals surface area contributed by atoms with Gasteiger partial charge in [-0.05, 0) is 43.5 Å². The molecule has 0 saturated heterocycles. The molecule has 0 amide bonds. The van der Waals surface area contributed by atoms with Gasteiger partial charge in [-0.1, -0.05) is 6.92 Å². The van der Waals surface area contributed by atoms with Gasteiger partial charge in [0.2, 0.25) is 0 Å². The highest BCUT2D eigenvalue weighted by Gasteiger charge is 2.36. The van der Waals surface area contributed by atoms with Gasteiger partial charge in [-0.25, -0.2) is 4.39 Å². The van der Waals surface area contributed by atoms with Crippen LogP contribution in [0.15, 0.2) is 28.7 Å². The molecule has 2 atom stereocenters. The Morgan fingerprint density at radius 2 is 2.19 bits per heavy atom. The second-order valence-electron chi connectivity index (χ2n) is 5.72. The van der Waals surface area contributed by atoms with Crippen LogP contribution in [-0.2, 0) is 6.54 Å². The summed E-state index contributed by atoms with van der Waals surface area (Å²) in [5.41, 5.74) is 1.45. The topological polar surface area (TPSA) is 49.0 Å². The minimum atomic E-state index is -0.372. The van der Waals surface area contributed by atoms with Crippen LogP contribution >= 0.6 is 0 Å². The fraction of sp³-hybridized carbons (Fsp3) is 0.353. The number of benzene rings is 1. The summed E-state index contributed by atoms with van der Waals surface area (Å²) in [5, 5.41) is 12.0. The van der Waals surface area contributed by atoms with Gasteiger partial charge in [-0.3, -0.25) is 0 Å². The van der Waals surface area contributed by atoms with Gasteiger partial charge >= 0.3 is 0 Å². The minimum absolute atomic E-state index is 0.313. The van der Waals surface area contributed by atoms with Crippen LogP contribution in [0.3, 0.4) is 0 Å². The number of halogens is 1. The summed E-state index contributed by atoms with van der Waals surface area (Å²) >= 11 is 0. The third-order valence-electron chi connectivity index (χ3n) is 4.08. The third-order valence-corrected chi connectivity index (χ3v) is 4.08. The van der Waals surface area contributed by atoms with Gasteiger partial charge in [-0.15, -0.1) is 0 Å². The smallest absolute Gasteiger partial charge is 0.129 e. The largest absolute Gasteiger partial charge is 0.464 e. The van der Waals surface area contributed by atoms with E-state index in [1.165, 1.54) is 12.5 Å². The van der Waals surface area contributed by atoms with Gasteiger partial charge < -0.3 is 9.73 Å². The zero-order valence-electron chi connectivity index (χ0n) is 12.1. The summed E-state index contributed by atoms with van der Waals surface area (Å²) in [5.74, 6) is 2.75. The zero-order chi connectivity index (χ0) is 15.0. The monoisotopic (exact) mass is 284 g/mol. The second kappa shape index (κ2) is 5.25. The number of nitrogens with one attached hydrogen (secondary N) is 1. The lowest BCUT2D eigenvalue weighted by atomic mass is 10.1. The van der Waals surface area contributed by atoms with Crippen molar-refractivity contribution in [2.75, 3.05) is 5.32 Å². The van der Waals surface area contributed by atoms with Crippen molar-refractivity contribution in [2.24, 2.45) is 5.92 Å². The predicted molar refractivity (Wildman–Crippen MR) is 78.4 cm³/mol. The molecule has 108 valence electrons. The molecule has 4 heteroatoms. The van der Waals surface area contributed by atoms with E-state index in [0.717, 1.165) is 11.5 Å². The summed E-state index contributed by atoms with van der Waals surface area (Å²) in [6.07, 6.45) is 1.19. The maximum absolute atomic E-state index is 13.7. The van der Waals surface area contributed by atoms with E-state index in [-0.39, 0.29) is 5.82 Å². The third kappa shape index (κ3) is 2.78. The summed E-state index contributed by atoms with van der Waals surface area (Å²) < 4.78 is 19.5. The Morgan fingerprint density at radius 1 is 1.43 bits per heavy atom. The quantitative estimate of drug-likeness (QED) is 0.908. The molecule has 3 rings (SSSR count). The van der Waals surface area contributed by atoms with Gasteiger partial charge in [0.25, 0.3) is 0 Å². The molecule has 2 unspecified atom stereocenters. The molecule has 0 bridgehead atoms. The number of anilines is 1. The van der Waals surface area contributed by atoms with Crippen molar-refractivity contribution in [1.82, 2.24) is 0 Å². The molecule has 1 aliphatic rings. The van der Waals surface area contributed by atoms with Crippen LogP contribution < -0.4 is 5.32 Å². The normalized spacial score (nSPS) is 20.1. The van der Waals surface area contributed by atoms with Crippen molar-refractivity contribution in [2.45, 2.75) is 32.7 Å². The molecule has 2 aromatic rings. The standard InChI is InChI=1S/C17H17FN2O/c1-10-5-14(10)17-4-3-13(21-17)9-20-16-7-12(8-19)6-15(18)11(16)2/h3-4,6-7,10,14,20H,5,9H2,1-2H3. The Kier molecular flexibility index (Phi) is 3.42. The Morgan fingerprint density at radius 3 is 2.86 bits per heavy atom. The van der Waals surface area contributed by atoms with Crippen molar-refractivity contribution in [3.8, 4) is 6.07 Å². The molecule has 1 aromatic carbocycles. The van der Waals surface area contributed by atoms with Crippen LogP contribution in [0, 0.1) is 30.0 Å². The average Bonchev–Trinajstić information content (AvgIpc) is 3.01. The first-order valence-electron chi connectivity index (χ1n) is 7.11. The second-order valence-corrected chi connectivity index (χ2v) is 5.72. The molecule has 1 saturated carbocycles. The highest BCUT2D eigenvalue weighted by atomic mass is 19.1. The van der Waals surface area contributed by atoms with E-state index in [1.807, 2.05) is 18.2 Å². The van der Waals surface area contributed by atoms with Crippen LogP contribution in [0.2, 0.25) is 0 Å². The first kappa shape index (κ1) is 13.7. The molecular weight excluding hydrogens is 267 g/mol. The number of hydrogen-bond donors (Lipinski definition) is 1. The summed E-state index contributed by atoms with van der Waals surface area (Å²) in [4.78, 5) is 0. The van der Waals surface area contributed by atoms with Gasteiger partial charge in [0.05, 0.1) is 18.2 Å². The van der Waals surface area contributed by atoms with Gasteiger partial charge in [-0.2, -0.15) is 5.26 Å². The van der Waals surface area contributed by atoms with Crippen molar-refractivity contribution < 1.29 is 8.81 Å². The Hall–Kier alpha value is -2.28. The highest BCUT2D eigenvalue weighted by molar-refractivity contribution is 5.55. The molecule has 3 nitrogen and oxygen atoms in total. The van der Waals surface area contributed by atoms with Gasteiger partial charge in [0.15, 0.2) is 0 Å². The molecule has 1 fully saturated rings. The zero-order valence-corrected chi connectivity index (χ0v) is 12.1. The number of nitrogens with zero attached hydrogens (tertiary/aromatic N) is 1. The van der Waals surface area contributed by atoms with Crippen LogP contribution in [0.25, 0.3) is 0 Å². The highest BCUT2D eigenvalue weighted by Crippen LogP contribution is 2.47. The molecule has 0 radical (unpaired) electrons. The lowest BCUT2D eigenvalue weighted by Crippen LogP contribution is -2.02. The minimum Gasteiger partial charge on any atom is -0.464 e. The SMILES string of the molecule is Cc1c(F)cc(C#N)cc1NCc1ccc(C2CC2C)o1. The summed E-state index contributed by atoms with van der Waals surface area (Å²) in [6.45, 7) is 4.39. The fourth-order valence-corrected chi connectivity index (χ4v) is 2.52. The van der Waals surface area contributed by atoms with E-state index in [0.29, 0.717) is 35.2 Å². The molecule has 0 spiro atoms. The van der Waals surface area contributed by atoms with Crippen molar-refractivity contribution >= 4 is 5.69 Å². The van der Waals surface area contributed by atoms with E-state index in [1.54, 1.807) is 13.0 Å². The molecule has 1 N–H and O–H groups in total. The van der Waals surface area contributed by atoms with E-state index in [9.17, 15) is 4.39 Å². The lowest BCUT2D eigenvalue weighted by Gasteiger charge is -2.09. The Balaban J connectivity index is 1.71. The maximum atomic E-state index is 13.7. The Labute approximate surface area is 123 Å². The van der Waals surface area contributed by atoms with Crippen molar-refractivity contribution in [3.63, 3.8) is 0 Å². The first-order chi connectivity index (χ1) is 10.1. The average molecular weight is 284 g/mol. The molecule has 0 aliphatic heterocycles. The van der Waals surface area contributed by atoms with Gasteiger partial charge in [0.1, 0.15) is 17.3 Å². The van der Waals surface area contributed by atoms with Crippen LogP contribution in [0.4, 0.5) is 10.1 Å². The predicted octanol–water partition coefficient (Wildman–Crippen LogP) is 4.33. The number of hydrogen-bond acceptors (Lipinski definition) is 3. The molecule has 1 aliphatic carbocycles. The maximum Gasteiger partial charge on any atom is 0.129 e. The van der Waals surface area contributed by atoms with E-state index in [2.05, 4.69) is 12.2 Å². The molecular formula is C17H17FN2O. The number of nitriles is 1. The fourth-order valence-electron chi connectivity index (χ4n) is 2.52. The van der Waals surface area contributed by atoms with E-state index in [4.69, 9.17) is 9.68 Å². The molecule has 1 heterocycles. The number of furan rings is 1. The van der Waals surface area contributed by atoms with E-state index < -0.39 is 0 Å².